The molecule has 1 aromatic carbocycles. The summed E-state index contributed by atoms with van der Waals surface area (Å²) in [5, 5.41) is 3.00. The summed E-state index contributed by atoms with van der Waals surface area (Å²) in [7, 11) is 5.67. The van der Waals surface area contributed by atoms with Gasteiger partial charge in [-0.15, -0.1) is 0 Å². The lowest BCUT2D eigenvalue weighted by Crippen LogP contribution is -2.47. The van der Waals surface area contributed by atoms with E-state index in [0.29, 0.717) is 12.5 Å². The quantitative estimate of drug-likeness (QED) is 0.832. The van der Waals surface area contributed by atoms with Crippen LogP contribution in [0.5, 0.6) is 5.75 Å². The van der Waals surface area contributed by atoms with Crippen molar-refractivity contribution in [3.8, 4) is 5.75 Å². The summed E-state index contributed by atoms with van der Waals surface area (Å²) in [5.41, 5.74) is 0.0769. The molecule has 1 aliphatic carbocycles. The second-order valence-corrected chi connectivity index (χ2v) is 7.03. The first-order chi connectivity index (χ1) is 11.4. The van der Waals surface area contributed by atoms with Crippen LogP contribution in [0.15, 0.2) is 24.3 Å². The summed E-state index contributed by atoms with van der Waals surface area (Å²) in [5.74, 6) is 1.28. The van der Waals surface area contributed by atoms with Gasteiger partial charge in [0.05, 0.1) is 0 Å². The number of methoxy groups -OCH3 is 1. The predicted molar refractivity (Wildman–Crippen MR) is 96.5 cm³/mol. The standard InChI is InChI=1S/C19H30N2O3/c1-15-6-5-11-19(14-15,23-4)18(22)20-16-7-9-17(10-8-16)24-13-12-21(2)3/h7-10,15H,5-6,11-14H2,1-4H3,(H,20,22)/t15-,19+/m1/s1. The summed E-state index contributed by atoms with van der Waals surface area (Å²) >= 11 is 0. The Kier molecular flexibility index (Phi) is 6.63. The predicted octanol–water partition coefficient (Wildman–Crippen LogP) is 3.16. The third-order valence-corrected chi connectivity index (χ3v) is 4.68. The van der Waals surface area contributed by atoms with Gasteiger partial charge in [0.1, 0.15) is 18.0 Å². The molecule has 1 N–H and O–H groups in total. The Morgan fingerprint density at radius 2 is 2.04 bits per heavy atom. The number of likely N-dealkylation sites (N-methyl/N-ethyl adjacent to an activating group) is 1. The second kappa shape index (κ2) is 8.49. The molecule has 0 unspecified atom stereocenters. The van der Waals surface area contributed by atoms with Gasteiger partial charge in [0.15, 0.2) is 0 Å². The van der Waals surface area contributed by atoms with Crippen molar-refractivity contribution in [1.29, 1.82) is 0 Å². The molecular formula is C19H30N2O3. The van der Waals surface area contributed by atoms with Crippen LogP contribution in [0.2, 0.25) is 0 Å². The lowest BCUT2D eigenvalue weighted by atomic mass is 9.78. The van der Waals surface area contributed by atoms with E-state index in [1.165, 1.54) is 0 Å². The molecule has 0 heterocycles. The van der Waals surface area contributed by atoms with E-state index in [2.05, 4.69) is 17.1 Å². The number of nitrogens with one attached hydrogen (secondary N) is 1. The number of rotatable bonds is 7. The van der Waals surface area contributed by atoms with Crippen molar-refractivity contribution < 1.29 is 14.3 Å². The molecule has 1 aromatic rings. The van der Waals surface area contributed by atoms with Crippen molar-refractivity contribution in [1.82, 2.24) is 4.90 Å². The number of carbonyl (C=O) groups is 1. The van der Waals surface area contributed by atoms with E-state index < -0.39 is 5.60 Å². The molecule has 5 heteroatoms. The Labute approximate surface area is 145 Å². The molecule has 1 fully saturated rings. The first-order valence-corrected chi connectivity index (χ1v) is 8.69. The Morgan fingerprint density at radius 1 is 1.33 bits per heavy atom. The maximum Gasteiger partial charge on any atom is 0.256 e. The highest BCUT2D eigenvalue weighted by atomic mass is 16.5. The lowest BCUT2D eigenvalue weighted by Gasteiger charge is -2.37. The molecule has 0 radical (unpaired) electrons. The van der Waals surface area contributed by atoms with E-state index in [1.54, 1.807) is 7.11 Å². The van der Waals surface area contributed by atoms with Gasteiger partial charge in [0.2, 0.25) is 0 Å². The minimum atomic E-state index is -0.696. The van der Waals surface area contributed by atoms with Gasteiger partial charge in [-0.2, -0.15) is 0 Å². The minimum absolute atomic E-state index is 0.0437. The average molecular weight is 334 g/mol. The zero-order chi connectivity index (χ0) is 17.6. The van der Waals surface area contributed by atoms with Gasteiger partial charge in [-0.1, -0.05) is 13.3 Å². The minimum Gasteiger partial charge on any atom is -0.492 e. The molecule has 0 aliphatic heterocycles. The second-order valence-electron chi connectivity index (χ2n) is 7.03. The van der Waals surface area contributed by atoms with Crippen LogP contribution in [0, 0.1) is 5.92 Å². The molecule has 1 saturated carbocycles. The van der Waals surface area contributed by atoms with E-state index in [0.717, 1.165) is 43.7 Å². The molecule has 0 spiro atoms. The number of hydrogen-bond acceptors (Lipinski definition) is 4. The fourth-order valence-corrected chi connectivity index (χ4v) is 3.21. The monoisotopic (exact) mass is 334 g/mol. The van der Waals surface area contributed by atoms with Gasteiger partial charge in [-0.3, -0.25) is 4.79 Å². The molecular weight excluding hydrogens is 304 g/mol. The summed E-state index contributed by atoms with van der Waals surface area (Å²) in [6, 6.07) is 7.51. The molecule has 0 aromatic heterocycles. The van der Waals surface area contributed by atoms with E-state index >= 15 is 0 Å². The molecule has 2 rings (SSSR count). The maximum absolute atomic E-state index is 12.7. The number of benzene rings is 1. The number of ether oxygens (including phenoxy) is 2. The molecule has 24 heavy (non-hydrogen) atoms. The van der Waals surface area contributed by atoms with Crippen LogP contribution >= 0.6 is 0 Å². The molecule has 1 amide bonds. The van der Waals surface area contributed by atoms with E-state index in [4.69, 9.17) is 9.47 Å². The van der Waals surface area contributed by atoms with Crippen molar-refractivity contribution in [3.05, 3.63) is 24.3 Å². The number of anilines is 1. The van der Waals surface area contributed by atoms with Crippen LogP contribution in [0.1, 0.15) is 32.6 Å². The maximum atomic E-state index is 12.7. The topological polar surface area (TPSA) is 50.8 Å². The van der Waals surface area contributed by atoms with Crippen LogP contribution in [-0.2, 0) is 9.53 Å². The van der Waals surface area contributed by atoms with Crippen molar-refractivity contribution in [3.63, 3.8) is 0 Å². The average Bonchev–Trinajstić information content (AvgIpc) is 2.56. The Morgan fingerprint density at radius 3 is 2.62 bits per heavy atom. The largest absolute Gasteiger partial charge is 0.492 e. The normalized spacial score (nSPS) is 24.0. The van der Waals surface area contributed by atoms with Crippen molar-refractivity contribution >= 4 is 11.6 Å². The summed E-state index contributed by atoms with van der Waals surface area (Å²) < 4.78 is 11.3. The van der Waals surface area contributed by atoms with Gasteiger partial charge in [0, 0.05) is 19.3 Å². The summed E-state index contributed by atoms with van der Waals surface area (Å²) in [6.07, 6.45) is 3.75. The fourth-order valence-electron chi connectivity index (χ4n) is 3.21. The van der Waals surface area contributed by atoms with Crippen molar-refractivity contribution in [2.75, 3.05) is 39.7 Å². The van der Waals surface area contributed by atoms with Gasteiger partial charge in [-0.05, 0) is 63.5 Å². The van der Waals surface area contributed by atoms with Gasteiger partial charge in [0.25, 0.3) is 5.91 Å². The van der Waals surface area contributed by atoms with Gasteiger partial charge in [-0.25, -0.2) is 0 Å². The number of carbonyl (C=O) groups excluding carboxylic acids is 1. The highest BCUT2D eigenvalue weighted by Gasteiger charge is 2.41. The van der Waals surface area contributed by atoms with Gasteiger partial charge >= 0.3 is 0 Å². The highest BCUT2D eigenvalue weighted by Crippen LogP contribution is 2.35. The van der Waals surface area contributed by atoms with Crippen LogP contribution in [-0.4, -0.2) is 50.8 Å². The van der Waals surface area contributed by atoms with Crippen LogP contribution in [0.3, 0.4) is 0 Å². The Bertz CT molecular complexity index is 530. The Balaban J connectivity index is 1.93. The molecule has 5 nitrogen and oxygen atoms in total. The smallest absolute Gasteiger partial charge is 0.256 e. The SMILES string of the molecule is CO[C@@]1(C(=O)Nc2ccc(OCCN(C)C)cc2)CCC[C@@H](C)C1. The molecule has 2 atom stereocenters. The van der Waals surface area contributed by atoms with E-state index in [-0.39, 0.29) is 5.91 Å². The molecule has 1 aliphatic rings. The number of nitrogens with zero attached hydrogens (tertiary/aromatic N) is 1. The fraction of sp³-hybridized carbons (Fsp3) is 0.632. The zero-order valence-electron chi connectivity index (χ0n) is 15.3. The third kappa shape index (κ3) is 4.95. The Hall–Kier alpha value is -1.59. The van der Waals surface area contributed by atoms with E-state index in [9.17, 15) is 4.79 Å². The summed E-state index contributed by atoms with van der Waals surface area (Å²) in [4.78, 5) is 14.8. The van der Waals surface area contributed by atoms with Crippen LogP contribution < -0.4 is 10.1 Å². The third-order valence-electron chi connectivity index (χ3n) is 4.68. The summed E-state index contributed by atoms with van der Waals surface area (Å²) in [6.45, 7) is 3.69. The zero-order valence-corrected chi connectivity index (χ0v) is 15.3. The molecule has 0 saturated heterocycles. The number of hydrogen-bond donors (Lipinski definition) is 1. The van der Waals surface area contributed by atoms with Crippen molar-refractivity contribution in [2.24, 2.45) is 5.92 Å². The van der Waals surface area contributed by atoms with Crippen molar-refractivity contribution in [2.45, 2.75) is 38.2 Å². The highest BCUT2D eigenvalue weighted by molar-refractivity contribution is 5.97. The first kappa shape index (κ1) is 18.7. The molecule has 134 valence electrons. The number of amides is 1. The lowest BCUT2D eigenvalue weighted by molar-refractivity contribution is -0.143. The molecule has 0 bridgehead atoms. The first-order valence-electron chi connectivity index (χ1n) is 8.69. The van der Waals surface area contributed by atoms with E-state index in [1.807, 2.05) is 38.4 Å². The van der Waals surface area contributed by atoms with Gasteiger partial charge < -0.3 is 19.7 Å². The van der Waals surface area contributed by atoms with Crippen LogP contribution in [0.4, 0.5) is 5.69 Å². The van der Waals surface area contributed by atoms with Crippen LogP contribution in [0.25, 0.3) is 0 Å².